The summed E-state index contributed by atoms with van der Waals surface area (Å²) in [5, 5.41) is 11.0. The lowest BCUT2D eigenvalue weighted by Gasteiger charge is -2.42. The number of rotatable bonds is 18. The first kappa shape index (κ1) is 84.9. The van der Waals surface area contributed by atoms with Crippen molar-refractivity contribution in [1.29, 1.82) is 0 Å². The third kappa shape index (κ3) is 23.0. The van der Waals surface area contributed by atoms with E-state index < -0.39 is 174 Å². The Morgan fingerprint density at radius 1 is 0.531 bits per heavy atom. The van der Waals surface area contributed by atoms with Gasteiger partial charge in [-0.3, -0.25) is 57.5 Å². The fraction of sp³-hybridized carbons (Fsp3) is 0.783. The molecule has 27 heteroatoms. The van der Waals surface area contributed by atoms with E-state index in [0.717, 1.165) is 9.80 Å². The first-order chi connectivity index (χ1) is 44.5. The maximum absolute atomic E-state index is 15.8. The lowest BCUT2D eigenvalue weighted by molar-refractivity contribution is -0.169. The van der Waals surface area contributed by atoms with Crippen molar-refractivity contribution in [2.45, 2.75) is 242 Å². The molecule has 0 radical (unpaired) electrons. The SMILES string of the molecule is C/C=C/C[C@@H](C)[C@@H](OC(=O)[C@H]1CCCN1C(=O)CN)[C@H]1C(=O)N[C@@H](CC)C(=O)N(C)CC(=O)N(C)[C@@H](CC(C)C)C(=O)N[C@@H](C(C)C)C(=O)N(C)[C@@H](CC(C)C)C(=O)N[C@@H](C)C(=O)N[C@@H](C)C(=O)N(C)[C@@H](CC(C)C)C(=O)N(C)[C@@H](CC(C)C)C(=O)N(C)[C@@H](C(C)C)C(=O)N1C. The minimum absolute atomic E-state index is 0.0539. The van der Waals surface area contributed by atoms with Crippen molar-refractivity contribution in [3.8, 4) is 0 Å². The molecule has 2 aliphatic rings. The van der Waals surface area contributed by atoms with Gasteiger partial charge in [0.15, 0.2) is 0 Å². The average molecular weight is 1360 g/mol. The van der Waals surface area contributed by atoms with Gasteiger partial charge in [-0.15, -0.1) is 0 Å². The first-order valence-electron chi connectivity index (χ1n) is 34.4. The molecule has 2 heterocycles. The second kappa shape index (κ2) is 38.7. The first-order valence-corrected chi connectivity index (χ1v) is 34.4. The van der Waals surface area contributed by atoms with Gasteiger partial charge in [0, 0.05) is 55.9 Å². The van der Waals surface area contributed by atoms with Crippen LogP contribution in [0.25, 0.3) is 0 Å². The Bertz CT molecular complexity index is 2740. The number of carbonyl (C=O) groups is 13. The number of hydrogen-bond donors (Lipinski definition) is 5. The molecule has 2 fully saturated rings. The highest BCUT2D eigenvalue weighted by Crippen LogP contribution is 2.29. The Kier molecular flexibility index (Phi) is 34.2. The number of likely N-dealkylation sites (N-methyl/N-ethyl adjacent to an activating group) is 7. The van der Waals surface area contributed by atoms with Gasteiger partial charge in [-0.1, -0.05) is 109 Å². The number of allylic oxidation sites excluding steroid dienone is 2. The Morgan fingerprint density at radius 3 is 1.47 bits per heavy atom. The van der Waals surface area contributed by atoms with E-state index in [-0.39, 0.29) is 81.7 Å². The molecule has 0 aromatic carbocycles. The lowest BCUT2D eigenvalue weighted by atomic mass is 9.91. The minimum Gasteiger partial charge on any atom is -0.458 e. The summed E-state index contributed by atoms with van der Waals surface area (Å²) in [5.74, 6) is -11.9. The summed E-state index contributed by atoms with van der Waals surface area (Å²) in [6, 6.07) is -14.1. The average Bonchev–Trinajstić information content (AvgIpc) is 0.837. The number of likely N-dealkylation sites (tertiary alicyclic amines) is 1. The molecule has 0 spiro atoms. The number of nitrogens with one attached hydrogen (secondary N) is 4. The predicted octanol–water partition coefficient (Wildman–Crippen LogP) is 2.77. The number of amides is 12. The second-order valence-electron chi connectivity index (χ2n) is 29.0. The van der Waals surface area contributed by atoms with Crippen LogP contribution in [0, 0.1) is 41.4 Å². The van der Waals surface area contributed by atoms with Crippen molar-refractivity contribution in [2.75, 3.05) is 69.0 Å². The highest BCUT2D eigenvalue weighted by atomic mass is 16.5. The van der Waals surface area contributed by atoms with E-state index in [9.17, 15) is 43.2 Å². The van der Waals surface area contributed by atoms with Crippen LogP contribution in [-0.2, 0) is 67.1 Å². The van der Waals surface area contributed by atoms with Crippen molar-refractivity contribution in [2.24, 2.45) is 47.2 Å². The van der Waals surface area contributed by atoms with E-state index in [0.29, 0.717) is 6.42 Å². The predicted molar refractivity (Wildman–Crippen MR) is 366 cm³/mol. The van der Waals surface area contributed by atoms with Gasteiger partial charge in [0.1, 0.15) is 72.6 Å². The molecular weight excluding hydrogens is 1230 g/mol. The topological polar surface area (TPSA) is 331 Å². The highest BCUT2D eigenvalue weighted by molar-refractivity contribution is 6.00. The minimum atomic E-state index is -1.74. The third-order valence-corrected chi connectivity index (χ3v) is 18.3. The summed E-state index contributed by atoms with van der Waals surface area (Å²) < 4.78 is 6.40. The van der Waals surface area contributed by atoms with Crippen LogP contribution in [-0.4, -0.2) is 258 Å². The molecule has 96 heavy (non-hydrogen) atoms. The molecule has 546 valence electrons. The summed E-state index contributed by atoms with van der Waals surface area (Å²) in [7, 11) is 9.79. The van der Waals surface area contributed by atoms with Gasteiger partial charge in [-0.2, -0.15) is 0 Å². The van der Waals surface area contributed by atoms with Gasteiger partial charge >= 0.3 is 5.97 Å². The Morgan fingerprint density at radius 2 is 0.990 bits per heavy atom. The maximum atomic E-state index is 15.8. The van der Waals surface area contributed by atoms with Gasteiger partial charge < -0.3 is 70.9 Å². The fourth-order valence-electron chi connectivity index (χ4n) is 12.5. The molecule has 0 saturated carbocycles. The van der Waals surface area contributed by atoms with Gasteiger partial charge in [0.2, 0.25) is 70.9 Å². The van der Waals surface area contributed by atoms with Crippen LogP contribution in [0.1, 0.15) is 169 Å². The largest absolute Gasteiger partial charge is 0.458 e. The van der Waals surface area contributed by atoms with Crippen molar-refractivity contribution >= 4 is 76.9 Å². The Balaban J connectivity index is 3.14. The normalized spacial score (nSPS) is 26.7. The van der Waals surface area contributed by atoms with Gasteiger partial charge in [0.25, 0.3) is 0 Å². The van der Waals surface area contributed by atoms with Gasteiger partial charge in [0.05, 0.1) is 13.1 Å². The van der Waals surface area contributed by atoms with Crippen LogP contribution in [0.15, 0.2) is 12.2 Å². The van der Waals surface area contributed by atoms with E-state index in [4.69, 9.17) is 10.5 Å². The maximum Gasteiger partial charge on any atom is 0.329 e. The summed E-state index contributed by atoms with van der Waals surface area (Å²) in [5.41, 5.74) is 5.78. The number of nitrogens with zero attached hydrogens (tertiary/aromatic N) is 8. The number of carbonyl (C=O) groups excluding carboxylic acids is 13. The number of hydrogen-bond acceptors (Lipinski definition) is 15. The molecule has 2 aliphatic heterocycles. The fourth-order valence-corrected chi connectivity index (χ4v) is 12.5. The molecule has 0 aromatic heterocycles. The molecule has 12 amide bonds. The van der Waals surface area contributed by atoms with Crippen molar-refractivity contribution in [3.63, 3.8) is 0 Å². The van der Waals surface area contributed by atoms with E-state index in [1.54, 1.807) is 60.6 Å². The van der Waals surface area contributed by atoms with E-state index in [1.807, 2.05) is 55.4 Å². The smallest absolute Gasteiger partial charge is 0.329 e. The molecule has 13 atom stereocenters. The standard InChI is InChI=1S/C69H121N13O14/c1-25-27-29-44(15)58(96-69(95)48-30-28-31-82(48)53(83)36-70)57-62(88)73-47(26-2)64(90)75(18)37-54(84)76(19)49(32-38(3)4)61(87)74-55(42(11)12)67(93)77(20)50(33-39(5)6)60(86)71-45(16)59(85)72-46(17)63(89)78(21)51(34-40(7)8)65(91)79(22)52(35-41(9)10)66(92)80(23)56(43(13)14)68(94)81(57)24/h25,27,38-52,55-58H,26,28-37,70H2,1-24H3,(H,71,86)(H,72,85)(H,73,88)(H,74,87)/b27-25+/t44-,45+,46+,47+,48-,49+,50+,51+,52+,55+,56+,57+,58-/m1/s1. The van der Waals surface area contributed by atoms with Crippen LogP contribution in [0.3, 0.4) is 0 Å². The molecule has 27 nitrogen and oxygen atoms in total. The van der Waals surface area contributed by atoms with E-state index in [2.05, 4.69) is 21.3 Å². The number of esters is 1. The van der Waals surface area contributed by atoms with Crippen LogP contribution in [0.2, 0.25) is 0 Å². The zero-order valence-electron chi connectivity index (χ0n) is 62.3. The summed E-state index contributed by atoms with van der Waals surface area (Å²) >= 11 is 0. The molecule has 2 rings (SSSR count). The van der Waals surface area contributed by atoms with Crippen LogP contribution < -0.4 is 27.0 Å². The van der Waals surface area contributed by atoms with Gasteiger partial charge in [-0.05, 0) is 114 Å². The highest BCUT2D eigenvalue weighted by Gasteiger charge is 2.48. The van der Waals surface area contributed by atoms with E-state index in [1.165, 1.54) is 92.6 Å². The summed E-state index contributed by atoms with van der Waals surface area (Å²) in [6.07, 6.45) is 3.37. The molecule has 0 aromatic rings. The number of ether oxygens (including phenoxy) is 1. The lowest BCUT2D eigenvalue weighted by Crippen LogP contribution is -2.64. The van der Waals surface area contributed by atoms with E-state index >= 15 is 19.2 Å². The summed E-state index contributed by atoms with van der Waals surface area (Å²) in [4.78, 5) is 201. The molecular formula is C69H121N13O14. The molecule has 0 aliphatic carbocycles. The summed E-state index contributed by atoms with van der Waals surface area (Å²) in [6.45, 7) is 28.9. The molecule has 2 saturated heterocycles. The van der Waals surface area contributed by atoms with Crippen LogP contribution >= 0.6 is 0 Å². The Hall–Kier alpha value is -7.19. The monoisotopic (exact) mass is 1360 g/mol. The van der Waals surface area contributed by atoms with Crippen molar-refractivity contribution in [3.05, 3.63) is 12.2 Å². The quantitative estimate of drug-likeness (QED) is 0.0973. The van der Waals surface area contributed by atoms with Crippen LogP contribution in [0.5, 0.6) is 0 Å². The van der Waals surface area contributed by atoms with Gasteiger partial charge in [-0.25, -0.2) is 4.79 Å². The van der Waals surface area contributed by atoms with Crippen molar-refractivity contribution in [1.82, 2.24) is 60.5 Å². The molecule has 0 unspecified atom stereocenters. The Labute approximate surface area is 572 Å². The van der Waals surface area contributed by atoms with Crippen LogP contribution in [0.4, 0.5) is 0 Å². The molecule has 0 bridgehead atoms. The third-order valence-electron chi connectivity index (χ3n) is 18.3. The number of nitrogens with two attached hydrogens (primary N) is 1. The second-order valence-corrected chi connectivity index (χ2v) is 29.0. The molecule has 6 N–H and O–H groups in total. The zero-order chi connectivity index (χ0) is 73.8. The zero-order valence-corrected chi connectivity index (χ0v) is 62.3. The van der Waals surface area contributed by atoms with Crippen molar-refractivity contribution < 1.29 is 67.1 Å².